The van der Waals surface area contributed by atoms with E-state index in [1.165, 1.54) is 12.1 Å². The Kier molecular flexibility index (Phi) is 3.41. The van der Waals surface area contributed by atoms with Crippen molar-refractivity contribution in [1.82, 2.24) is 9.97 Å². The molecule has 1 heterocycles. The average molecular weight is 343 g/mol. The Bertz CT molecular complexity index is 631. The lowest BCUT2D eigenvalue weighted by Gasteiger charge is -2.09. The molecule has 3 rings (SSSR count). The van der Waals surface area contributed by atoms with Gasteiger partial charge in [0.1, 0.15) is 22.1 Å². The van der Waals surface area contributed by atoms with Crippen LogP contribution in [0.5, 0.6) is 0 Å². The predicted octanol–water partition coefficient (Wildman–Crippen LogP) is 4.65. The van der Waals surface area contributed by atoms with Gasteiger partial charge >= 0.3 is 0 Å². The summed E-state index contributed by atoms with van der Waals surface area (Å²) in [4.78, 5) is 8.80. The van der Waals surface area contributed by atoms with Gasteiger partial charge in [-0.1, -0.05) is 11.6 Å². The molecule has 1 saturated carbocycles. The molecule has 3 nitrogen and oxygen atoms in total. The van der Waals surface area contributed by atoms with Crippen molar-refractivity contribution in [2.75, 3.05) is 5.32 Å². The molecule has 98 valence electrons. The number of aromatic nitrogens is 2. The zero-order valence-corrected chi connectivity index (χ0v) is 12.2. The van der Waals surface area contributed by atoms with E-state index in [-0.39, 0.29) is 5.82 Å². The van der Waals surface area contributed by atoms with Crippen molar-refractivity contribution >= 4 is 39.0 Å². The minimum Gasteiger partial charge on any atom is -0.339 e. The summed E-state index contributed by atoms with van der Waals surface area (Å²) in [5, 5.41) is 3.41. The molecule has 1 aliphatic carbocycles. The minimum absolute atomic E-state index is 0.322. The molecule has 1 N–H and O–H groups in total. The second kappa shape index (κ2) is 5.06. The van der Waals surface area contributed by atoms with Crippen LogP contribution in [0.1, 0.15) is 24.6 Å². The zero-order chi connectivity index (χ0) is 13.4. The van der Waals surface area contributed by atoms with Gasteiger partial charge < -0.3 is 5.32 Å². The quantitative estimate of drug-likeness (QED) is 0.825. The normalized spacial score (nSPS) is 14.5. The lowest BCUT2D eigenvalue weighted by molar-refractivity contribution is 0.628. The van der Waals surface area contributed by atoms with Crippen LogP contribution in [0.25, 0.3) is 0 Å². The van der Waals surface area contributed by atoms with Crippen molar-refractivity contribution < 1.29 is 4.39 Å². The highest BCUT2D eigenvalue weighted by molar-refractivity contribution is 9.10. The van der Waals surface area contributed by atoms with Crippen LogP contribution >= 0.6 is 27.5 Å². The Balaban J connectivity index is 1.89. The number of nitrogens with zero attached hydrogens (tertiary/aromatic N) is 2. The average Bonchev–Trinajstić information content (AvgIpc) is 3.16. The summed E-state index contributed by atoms with van der Waals surface area (Å²) >= 11 is 9.34. The lowest BCUT2D eigenvalue weighted by Crippen LogP contribution is -2.00. The number of anilines is 2. The molecule has 2 aromatic rings. The molecule has 1 fully saturated rings. The zero-order valence-electron chi connectivity index (χ0n) is 9.83. The maximum Gasteiger partial charge on any atom is 0.135 e. The third-order valence-corrected chi connectivity index (χ3v) is 3.57. The fourth-order valence-electron chi connectivity index (χ4n) is 1.75. The summed E-state index contributed by atoms with van der Waals surface area (Å²) in [5.74, 6) is 1.58. The van der Waals surface area contributed by atoms with Crippen LogP contribution in [0.4, 0.5) is 15.9 Å². The van der Waals surface area contributed by atoms with Crippen molar-refractivity contribution in [3.8, 4) is 0 Å². The molecule has 1 aromatic heterocycles. The Morgan fingerprint density at radius 1 is 1.26 bits per heavy atom. The molecule has 6 heteroatoms. The summed E-state index contributed by atoms with van der Waals surface area (Å²) in [6.07, 6.45) is 2.26. The van der Waals surface area contributed by atoms with E-state index in [0.29, 0.717) is 22.4 Å². The van der Waals surface area contributed by atoms with Gasteiger partial charge in [-0.25, -0.2) is 14.4 Å². The van der Waals surface area contributed by atoms with E-state index in [1.807, 2.05) is 0 Å². The van der Waals surface area contributed by atoms with Crippen LogP contribution < -0.4 is 5.32 Å². The Hall–Kier alpha value is -1.20. The van der Waals surface area contributed by atoms with Gasteiger partial charge in [-0.15, -0.1) is 0 Å². The van der Waals surface area contributed by atoms with Gasteiger partial charge in [0.15, 0.2) is 0 Å². The third-order valence-electron chi connectivity index (χ3n) is 2.85. The van der Waals surface area contributed by atoms with Gasteiger partial charge in [-0.05, 0) is 47.0 Å². The van der Waals surface area contributed by atoms with Crippen LogP contribution in [0.3, 0.4) is 0 Å². The summed E-state index contributed by atoms with van der Waals surface area (Å²) in [7, 11) is 0. The lowest BCUT2D eigenvalue weighted by atomic mass is 10.3. The minimum atomic E-state index is -0.363. The van der Waals surface area contributed by atoms with Crippen molar-refractivity contribution in [1.29, 1.82) is 0 Å². The van der Waals surface area contributed by atoms with Gasteiger partial charge in [0.2, 0.25) is 0 Å². The van der Waals surface area contributed by atoms with Gasteiger partial charge in [-0.2, -0.15) is 0 Å². The number of benzene rings is 1. The Morgan fingerprint density at radius 2 is 2.05 bits per heavy atom. The SMILES string of the molecule is Fc1ccc(Nc2cc(Br)nc(C3CC3)n2)c(Cl)c1. The van der Waals surface area contributed by atoms with Crippen molar-refractivity contribution in [3.63, 3.8) is 0 Å². The standard InChI is InChI=1S/C13H10BrClFN3/c14-11-6-12(19-13(18-11)7-1-2-7)17-10-4-3-8(16)5-9(10)15/h3-7H,1-2H2,(H,17,18,19). The molecule has 0 bridgehead atoms. The molecule has 0 saturated heterocycles. The molecule has 0 spiro atoms. The van der Waals surface area contributed by atoms with Crippen LogP contribution in [0.2, 0.25) is 5.02 Å². The first kappa shape index (κ1) is 12.8. The third kappa shape index (κ3) is 3.04. The summed E-state index contributed by atoms with van der Waals surface area (Å²) in [5.41, 5.74) is 0.621. The van der Waals surface area contributed by atoms with E-state index in [9.17, 15) is 4.39 Å². The summed E-state index contributed by atoms with van der Waals surface area (Å²) < 4.78 is 13.7. The predicted molar refractivity (Wildman–Crippen MR) is 76.4 cm³/mol. The van der Waals surface area contributed by atoms with Gasteiger partial charge in [-0.3, -0.25) is 0 Å². The molecule has 0 atom stereocenters. The number of rotatable bonds is 3. The largest absolute Gasteiger partial charge is 0.339 e. The molecule has 0 aliphatic heterocycles. The molecule has 0 amide bonds. The highest BCUT2D eigenvalue weighted by Crippen LogP contribution is 2.39. The number of nitrogens with one attached hydrogen (secondary N) is 1. The van der Waals surface area contributed by atoms with Gasteiger partial charge in [0.05, 0.1) is 10.7 Å². The maximum absolute atomic E-state index is 13.0. The Labute approximate surface area is 123 Å². The summed E-state index contributed by atoms with van der Waals surface area (Å²) in [6, 6.07) is 5.98. The smallest absolute Gasteiger partial charge is 0.135 e. The van der Waals surface area contributed by atoms with Crippen molar-refractivity contribution in [2.45, 2.75) is 18.8 Å². The number of hydrogen-bond acceptors (Lipinski definition) is 3. The second-order valence-corrected chi connectivity index (χ2v) is 5.68. The fourth-order valence-corrected chi connectivity index (χ4v) is 2.37. The molecular formula is C13H10BrClFN3. The highest BCUT2D eigenvalue weighted by Gasteiger charge is 2.27. The van der Waals surface area contributed by atoms with E-state index in [0.717, 1.165) is 23.3 Å². The fraction of sp³-hybridized carbons (Fsp3) is 0.231. The van der Waals surface area contributed by atoms with E-state index in [4.69, 9.17) is 11.6 Å². The topological polar surface area (TPSA) is 37.8 Å². The molecule has 0 unspecified atom stereocenters. The monoisotopic (exact) mass is 341 g/mol. The van der Waals surface area contributed by atoms with E-state index >= 15 is 0 Å². The molecule has 0 radical (unpaired) electrons. The first-order valence-corrected chi connectivity index (χ1v) is 7.05. The molecule has 1 aromatic carbocycles. The van der Waals surface area contributed by atoms with Crippen LogP contribution in [-0.4, -0.2) is 9.97 Å². The highest BCUT2D eigenvalue weighted by atomic mass is 79.9. The van der Waals surface area contributed by atoms with Gasteiger partial charge in [0.25, 0.3) is 0 Å². The van der Waals surface area contributed by atoms with Crippen molar-refractivity contribution in [3.05, 3.63) is 45.5 Å². The first-order chi connectivity index (χ1) is 9.11. The van der Waals surface area contributed by atoms with Crippen molar-refractivity contribution in [2.24, 2.45) is 0 Å². The maximum atomic E-state index is 13.0. The van der Waals surface area contributed by atoms with Crippen LogP contribution in [0.15, 0.2) is 28.9 Å². The molecule has 19 heavy (non-hydrogen) atoms. The van der Waals surface area contributed by atoms with E-state index in [1.54, 1.807) is 12.1 Å². The molecular weight excluding hydrogens is 333 g/mol. The van der Waals surface area contributed by atoms with E-state index < -0.39 is 0 Å². The van der Waals surface area contributed by atoms with Crippen LogP contribution in [-0.2, 0) is 0 Å². The second-order valence-electron chi connectivity index (χ2n) is 4.46. The molecule has 1 aliphatic rings. The summed E-state index contributed by atoms with van der Waals surface area (Å²) in [6.45, 7) is 0. The number of halogens is 3. The van der Waals surface area contributed by atoms with Gasteiger partial charge in [0, 0.05) is 12.0 Å². The Morgan fingerprint density at radius 3 is 2.74 bits per heavy atom. The first-order valence-electron chi connectivity index (χ1n) is 5.88. The number of hydrogen-bond donors (Lipinski definition) is 1. The van der Waals surface area contributed by atoms with Crippen LogP contribution in [0, 0.1) is 5.82 Å². The van der Waals surface area contributed by atoms with E-state index in [2.05, 4.69) is 31.2 Å².